The number of carbonyl (C=O) groups is 1. The Hall–Kier alpha value is -0.730. The topological polar surface area (TPSA) is 46.5 Å². The summed E-state index contributed by atoms with van der Waals surface area (Å²) in [7, 11) is 0. The van der Waals surface area contributed by atoms with Crippen LogP contribution < -0.4 is 0 Å². The zero-order valence-corrected chi connectivity index (χ0v) is 7.88. The monoisotopic (exact) mass is 171 g/mol. The number of unbranched alkanes of at least 4 members (excludes halogenated alkanes) is 3. The molecule has 0 saturated carbocycles. The van der Waals surface area contributed by atoms with E-state index < -0.39 is 6.04 Å². The van der Waals surface area contributed by atoms with Gasteiger partial charge in [-0.2, -0.15) is 4.91 Å². The zero-order valence-electron chi connectivity index (χ0n) is 7.88. The highest BCUT2D eigenvalue weighted by atomic mass is 16.3. The first-order valence-corrected chi connectivity index (χ1v) is 4.55. The van der Waals surface area contributed by atoms with E-state index >= 15 is 0 Å². The summed E-state index contributed by atoms with van der Waals surface area (Å²) in [4.78, 5) is 20.9. The number of ketones is 1. The van der Waals surface area contributed by atoms with Crippen molar-refractivity contribution in [2.24, 2.45) is 5.18 Å². The second-order valence-corrected chi connectivity index (χ2v) is 3.08. The van der Waals surface area contributed by atoms with Crippen LogP contribution in [0.2, 0.25) is 0 Å². The van der Waals surface area contributed by atoms with E-state index in [-0.39, 0.29) is 5.78 Å². The molecule has 0 bridgehead atoms. The molecule has 0 spiro atoms. The molecular weight excluding hydrogens is 154 g/mol. The van der Waals surface area contributed by atoms with E-state index in [4.69, 9.17) is 0 Å². The van der Waals surface area contributed by atoms with Crippen molar-refractivity contribution in [3.63, 3.8) is 0 Å². The van der Waals surface area contributed by atoms with Crippen molar-refractivity contribution in [2.75, 3.05) is 0 Å². The number of rotatable bonds is 7. The Morgan fingerprint density at radius 2 is 2.00 bits per heavy atom. The molecule has 3 heteroatoms. The van der Waals surface area contributed by atoms with E-state index in [0.717, 1.165) is 12.8 Å². The van der Waals surface area contributed by atoms with Crippen LogP contribution >= 0.6 is 0 Å². The summed E-state index contributed by atoms with van der Waals surface area (Å²) < 4.78 is 0. The molecular formula is C9H17NO2. The highest BCUT2D eigenvalue weighted by Gasteiger charge is 2.12. The fourth-order valence-electron chi connectivity index (χ4n) is 1.09. The molecule has 0 amide bonds. The van der Waals surface area contributed by atoms with Crippen molar-refractivity contribution >= 4 is 5.78 Å². The molecule has 0 heterocycles. The molecule has 0 aliphatic carbocycles. The van der Waals surface area contributed by atoms with Gasteiger partial charge in [-0.1, -0.05) is 37.8 Å². The molecule has 12 heavy (non-hydrogen) atoms. The molecule has 0 aromatic heterocycles. The van der Waals surface area contributed by atoms with Gasteiger partial charge in [0, 0.05) is 0 Å². The molecule has 0 saturated heterocycles. The van der Waals surface area contributed by atoms with Gasteiger partial charge in [-0.25, -0.2) is 0 Å². The lowest BCUT2D eigenvalue weighted by Crippen LogP contribution is -2.13. The van der Waals surface area contributed by atoms with Gasteiger partial charge in [0.1, 0.15) is 6.04 Å². The number of hydrogen-bond acceptors (Lipinski definition) is 3. The van der Waals surface area contributed by atoms with Crippen LogP contribution in [-0.4, -0.2) is 11.8 Å². The number of nitrogens with zero attached hydrogens (tertiary/aromatic N) is 1. The van der Waals surface area contributed by atoms with Crippen LogP contribution in [-0.2, 0) is 4.79 Å². The highest BCUT2D eigenvalue weighted by Crippen LogP contribution is 2.08. The van der Waals surface area contributed by atoms with E-state index in [1.54, 1.807) is 0 Å². The Kier molecular flexibility index (Phi) is 6.53. The number of hydrogen-bond donors (Lipinski definition) is 0. The molecule has 0 aromatic carbocycles. The average molecular weight is 171 g/mol. The smallest absolute Gasteiger partial charge is 0.157 e. The lowest BCUT2D eigenvalue weighted by Gasteiger charge is -2.03. The van der Waals surface area contributed by atoms with Crippen molar-refractivity contribution in [1.29, 1.82) is 0 Å². The average Bonchev–Trinajstić information content (AvgIpc) is 2.04. The van der Waals surface area contributed by atoms with Crippen LogP contribution in [0.25, 0.3) is 0 Å². The maximum Gasteiger partial charge on any atom is 0.157 e. The predicted octanol–water partition coefficient (Wildman–Crippen LogP) is 2.68. The maximum atomic E-state index is 10.7. The Morgan fingerprint density at radius 1 is 1.33 bits per heavy atom. The maximum absolute atomic E-state index is 10.7. The SMILES string of the molecule is CCCCCCC(N=O)C(C)=O. The van der Waals surface area contributed by atoms with Crippen molar-refractivity contribution in [3.05, 3.63) is 4.91 Å². The van der Waals surface area contributed by atoms with Gasteiger partial charge in [0.2, 0.25) is 0 Å². The van der Waals surface area contributed by atoms with Crippen LogP contribution in [0, 0.1) is 4.91 Å². The molecule has 0 radical (unpaired) electrons. The van der Waals surface area contributed by atoms with Crippen LogP contribution in [0.15, 0.2) is 5.18 Å². The first kappa shape index (κ1) is 11.3. The van der Waals surface area contributed by atoms with Gasteiger partial charge < -0.3 is 0 Å². The Balaban J connectivity index is 3.45. The fraction of sp³-hybridized carbons (Fsp3) is 0.889. The van der Waals surface area contributed by atoms with E-state index in [2.05, 4.69) is 12.1 Å². The van der Waals surface area contributed by atoms with Gasteiger partial charge in [-0.3, -0.25) is 4.79 Å². The first-order chi connectivity index (χ1) is 5.72. The summed E-state index contributed by atoms with van der Waals surface area (Å²) >= 11 is 0. The molecule has 70 valence electrons. The Morgan fingerprint density at radius 3 is 2.42 bits per heavy atom. The molecule has 1 unspecified atom stereocenters. The largest absolute Gasteiger partial charge is 0.297 e. The normalized spacial score (nSPS) is 12.5. The summed E-state index contributed by atoms with van der Waals surface area (Å²) in [6, 6.07) is -0.596. The number of carbonyl (C=O) groups excluding carboxylic acids is 1. The van der Waals surface area contributed by atoms with Crippen LogP contribution in [0.4, 0.5) is 0 Å². The molecule has 0 aliphatic rings. The second-order valence-electron chi connectivity index (χ2n) is 3.08. The van der Waals surface area contributed by atoms with Crippen LogP contribution in [0.3, 0.4) is 0 Å². The summed E-state index contributed by atoms with van der Waals surface area (Å²) in [5.74, 6) is -0.110. The third kappa shape index (κ3) is 4.99. The van der Waals surface area contributed by atoms with Gasteiger partial charge in [0.05, 0.1) is 0 Å². The van der Waals surface area contributed by atoms with E-state index in [1.807, 2.05) is 0 Å². The van der Waals surface area contributed by atoms with E-state index in [0.29, 0.717) is 6.42 Å². The zero-order chi connectivity index (χ0) is 9.40. The third-order valence-electron chi connectivity index (χ3n) is 1.93. The second kappa shape index (κ2) is 6.95. The predicted molar refractivity (Wildman–Crippen MR) is 49.0 cm³/mol. The molecule has 0 aliphatic heterocycles. The van der Waals surface area contributed by atoms with Gasteiger partial charge in [0.15, 0.2) is 5.78 Å². The van der Waals surface area contributed by atoms with Crippen molar-refractivity contribution in [3.8, 4) is 0 Å². The Bertz CT molecular complexity index is 145. The van der Waals surface area contributed by atoms with Crippen molar-refractivity contribution < 1.29 is 4.79 Å². The molecule has 0 fully saturated rings. The minimum atomic E-state index is -0.596. The summed E-state index contributed by atoms with van der Waals surface area (Å²) in [6.45, 7) is 3.55. The lowest BCUT2D eigenvalue weighted by molar-refractivity contribution is -0.118. The van der Waals surface area contributed by atoms with Crippen LogP contribution in [0.1, 0.15) is 46.0 Å². The minimum absolute atomic E-state index is 0.110. The highest BCUT2D eigenvalue weighted by molar-refractivity contribution is 5.81. The first-order valence-electron chi connectivity index (χ1n) is 4.55. The van der Waals surface area contributed by atoms with Gasteiger partial charge in [0.25, 0.3) is 0 Å². The van der Waals surface area contributed by atoms with E-state index in [1.165, 1.54) is 19.8 Å². The standard InChI is InChI=1S/C9H17NO2/c1-3-4-5-6-7-9(10-12)8(2)11/h9H,3-7H2,1-2H3. The fourth-order valence-corrected chi connectivity index (χ4v) is 1.09. The van der Waals surface area contributed by atoms with Gasteiger partial charge in [-0.05, 0) is 13.3 Å². The summed E-state index contributed by atoms with van der Waals surface area (Å²) in [6.07, 6.45) is 4.99. The molecule has 3 nitrogen and oxygen atoms in total. The molecule has 0 aromatic rings. The van der Waals surface area contributed by atoms with Crippen molar-refractivity contribution in [2.45, 2.75) is 52.0 Å². The van der Waals surface area contributed by atoms with Crippen LogP contribution in [0.5, 0.6) is 0 Å². The lowest BCUT2D eigenvalue weighted by atomic mass is 10.1. The number of nitroso groups, excluding NO2 is 1. The molecule has 0 N–H and O–H groups in total. The third-order valence-corrected chi connectivity index (χ3v) is 1.93. The Labute approximate surface area is 73.5 Å². The number of Topliss-reactive ketones (excluding diaryl/α,β-unsaturated/α-hetero) is 1. The summed E-state index contributed by atoms with van der Waals surface area (Å²) in [5, 5.41) is 2.79. The van der Waals surface area contributed by atoms with E-state index in [9.17, 15) is 9.70 Å². The van der Waals surface area contributed by atoms with Gasteiger partial charge >= 0.3 is 0 Å². The van der Waals surface area contributed by atoms with Crippen molar-refractivity contribution in [1.82, 2.24) is 0 Å². The molecule has 1 atom stereocenters. The minimum Gasteiger partial charge on any atom is -0.297 e. The molecule has 0 rings (SSSR count). The van der Waals surface area contributed by atoms with Gasteiger partial charge in [-0.15, -0.1) is 0 Å². The quantitative estimate of drug-likeness (QED) is 0.436. The summed E-state index contributed by atoms with van der Waals surface area (Å²) in [5.41, 5.74) is 0.